The second-order valence-electron chi connectivity index (χ2n) is 5.69. The summed E-state index contributed by atoms with van der Waals surface area (Å²) in [4.78, 5) is 9.29. The second-order valence-corrected chi connectivity index (χ2v) is 5.69. The van der Waals surface area contributed by atoms with Crippen LogP contribution in [0, 0.1) is 0 Å². The molecule has 0 unspecified atom stereocenters. The summed E-state index contributed by atoms with van der Waals surface area (Å²) in [6, 6.07) is 2.04. The molecule has 112 valence electrons. The Hall–Kier alpha value is -1.32. The molecule has 0 aliphatic heterocycles. The van der Waals surface area contributed by atoms with E-state index in [0.717, 1.165) is 37.0 Å². The van der Waals surface area contributed by atoms with E-state index in [4.69, 9.17) is 0 Å². The van der Waals surface area contributed by atoms with Gasteiger partial charge < -0.3 is 10.6 Å². The Bertz CT molecular complexity index is 401. The van der Waals surface area contributed by atoms with E-state index in [2.05, 4.69) is 34.4 Å². The van der Waals surface area contributed by atoms with Crippen molar-refractivity contribution in [3.8, 4) is 0 Å². The minimum Gasteiger partial charge on any atom is -0.370 e. The molecular formula is C16H28N4. The first-order valence-electron chi connectivity index (χ1n) is 8.20. The van der Waals surface area contributed by atoms with Gasteiger partial charge in [0.05, 0.1) is 0 Å². The zero-order valence-electron chi connectivity index (χ0n) is 12.9. The fourth-order valence-electron chi connectivity index (χ4n) is 2.19. The number of anilines is 2. The molecule has 0 saturated heterocycles. The topological polar surface area (TPSA) is 49.8 Å². The highest BCUT2D eigenvalue weighted by Crippen LogP contribution is 2.38. The lowest BCUT2D eigenvalue weighted by Gasteiger charge is -2.10. The fourth-order valence-corrected chi connectivity index (χ4v) is 2.19. The number of aromatic nitrogens is 2. The first kappa shape index (κ1) is 15.1. The van der Waals surface area contributed by atoms with Gasteiger partial charge in [0.1, 0.15) is 17.5 Å². The number of hydrogen-bond acceptors (Lipinski definition) is 4. The maximum absolute atomic E-state index is 4.66. The van der Waals surface area contributed by atoms with Gasteiger partial charge >= 0.3 is 0 Å². The van der Waals surface area contributed by atoms with E-state index in [1.54, 1.807) is 0 Å². The molecule has 1 saturated carbocycles. The molecule has 0 radical (unpaired) electrons. The van der Waals surface area contributed by atoms with Crippen LogP contribution in [0.2, 0.25) is 0 Å². The van der Waals surface area contributed by atoms with E-state index in [1.165, 1.54) is 38.5 Å². The minimum absolute atomic E-state index is 0.596. The van der Waals surface area contributed by atoms with Gasteiger partial charge in [0.25, 0.3) is 0 Å². The molecule has 1 fully saturated rings. The molecule has 2 N–H and O–H groups in total. The van der Waals surface area contributed by atoms with Crippen molar-refractivity contribution in [2.24, 2.45) is 0 Å². The smallest absolute Gasteiger partial charge is 0.136 e. The Labute approximate surface area is 122 Å². The molecule has 0 spiro atoms. The summed E-state index contributed by atoms with van der Waals surface area (Å²) >= 11 is 0. The quantitative estimate of drug-likeness (QED) is 0.630. The van der Waals surface area contributed by atoms with Gasteiger partial charge in [0.2, 0.25) is 0 Å². The summed E-state index contributed by atoms with van der Waals surface area (Å²) < 4.78 is 0. The van der Waals surface area contributed by atoms with Crippen LogP contribution in [0.4, 0.5) is 11.6 Å². The van der Waals surface area contributed by atoms with Crippen molar-refractivity contribution in [3.05, 3.63) is 11.9 Å². The third kappa shape index (κ3) is 4.99. The van der Waals surface area contributed by atoms with Crippen molar-refractivity contribution in [2.45, 2.75) is 64.7 Å². The molecule has 1 aromatic rings. The van der Waals surface area contributed by atoms with Crippen LogP contribution in [0.1, 0.15) is 70.5 Å². The zero-order valence-corrected chi connectivity index (χ0v) is 12.9. The largest absolute Gasteiger partial charge is 0.370 e. The summed E-state index contributed by atoms with van der Waals surface area (Å²) in [5, 5.41) is 6.83. The molecule has 1 aliphatic rings. The fraction of sp³-hybridized carbons (Fsp3) is 0.750. The average molecular weight is 276 g/mol. The highest BCUT2D eigenvalue weighted by molar-refractivity contribution is 5.48. The number of hydrogen-bond donors (Lipinski definition) is 2. The van der Waals surface area contributed by atoms with Gasteiger partial charge in [-0.3, -0.25) is 0 Å². The molecule has 4 nitrogen and oxygen atoms in total. The van der Waals surface area contributed by atoms with Gasteiger partial charge in [-0.2, -0.15) is 0 Å². The van der Waals surface area contributed by atoms with E-state index >= 15 is 0 Å². The lowest BCUT2D eigenvalue weighted by atomic mass is 10.2. The minimum atomic E-state index is 0.596. The number of nitrogens with zero attached hydrogens (tertiary/aromatic N) is 2. The summed E-state index contributed by atoms with van der Waals surface area (Å²) in [7, 11) is 0. The van der Waals surface area contributed by atoms with Crippen LogP contribution in [0.3, 0.4) is 0 Å². The standard InChI is InChI=1S/C16H28N4/c1-3-5-6-7-11-18-15-12-14(17-10-4-2)19-16(20-15)13-8-9-13/h12-13H,3-11H2,1-2H3,(H2,17,18,19,20). The summed E-state index contributed by atoms with van der Waals surface area (Å²) in [6.07, 6.45) is 8.72. The summed E-state index contributed by atoms with van der Waals surface area (Å²) in [5.74, 6) is 3.57. The van der Waals surface area contributed by atoms with Gasteiger partial charge in [0, 0.05) is 25.1 Å². The molecule has 0 atom stereocenters. The van der Waals surface area contributed by atoms with Crippen LogP contribution in [0.5, 0.6) is 0 Å². The zero-order chi connectivity index (χ0) is 14.2. The SMILES string of the molecule is CCCCCCNc1cc(NCCC)nc(C2CC2)n1. The van der Waals surface area contributed by atoms with Crippen molar-refractivity contribution < 1.29 is 0 Å². The Morgan fingerprint density at radius 3 is 2.25 bits per heavy atom. The number of rotatable bonds is 10. The maximum atomic E-state index is 4.66. The van der Waals surface area contributed by atoms with E-state index in [1.807, 2.05) is 6.07 Å². The molecule has 4 heteroatoms. The maximum Gasteiger partial charge on any atom is 0.136 e. The lowest BCUT2D eigenvalue weighted by molar-refractivity contribution is 0.684. The van der Waals surface area contributed by atoms with E-state index in [9.17, 15) is 0 Å². The van der Waals surface area contributed by atoms with Crippen LogP contribution >= 0.6 is 0 Å². The third-order valence-electron chi connectivity index (χ3n) is 3.58. The molecule has 0 bridgehead atoms. The van der Waals surface area contributed by atoms with Gasteiger partial charge in [-0.1, -0.05) is 33.1 Å². The average Bonchev–Trinajstić information content (AvgIpc) is 3.29. The van der Waals surface area contributed by atoms with Crippen molar-refractivity contribution in [3.63, 3.8) is 0 Å². The Morgan fingerprint density at radius 1 is 0.950 bits per heavy atom. The van der Waals surface area contributed by atoms with Crippen molar-refractivity contribution >= 4 is 11.6 Å². The molecular weight excluding hydrogens is 248 g/mol. The Morgan fingerprint density at radius 2 is 1.65 bits per heavy atom. The van der Waals surface area contributed by atoms with Crippen LogP contribution in [0.25, 0.3) is 0 Å². The van der Waals surface area contributed by atoms with Crippen LogP contribution in [-0.4, -0.2) is 23.1 Å². The Balaban J connectivity index is 1.90. The Kier molecular flexibility index (Phi) is 6.09. The lowest BCUT2D eigenvalue weighted by Crippen LogP contribution is -2.09. The van der Waals surface area contributed by atoms with E-state index in [0.29, 0.717) is 5.92 Å². The van der Waals surface area contributed by atoms with Gasteiger partial charge in [-0.05, 0) is 25.7 Å². The first-order chi connectivity index (χ1) is 9.83. The summed E-state index contributed by atoms with van der Waals surface area (Å²) in [5.41, 5.74) is 0. The number of nitrogens with one attached hydrogen (secondary N) is 2. The predicted octanol–water partition coefficient (Wildman–Crippen LogP) is 4.17. The van der Waals surface area contributed by atoms with Crippen LogP contribution in [-0.2, 0) is 0 Å². The van der Waals surface area contributed by atoms with Crippen molar-refractivity contribution in [2.75, 3.05) is 23.7 Å². The van der Waals surface area contributed by atoms with E-state index in [-0.39, 0.29) is 0 Å². The predicted molar refractivity (Wildman–Crippen MR) is 85.4 cm³/mol. The second kappa shape index (κ2) is 8.08. The van der Waals surface area contributed by atoms with Gasteiger partial charge in [-0.15, -0.1) is 0 Å². The van der Waals surface area contributed by atoms with E-state index < -0.39 is 0 Å². The molecule has 1 heterocycles. The molecule has 20 heavy (non-hydrogen) atoms. The molecule has 1 aliphatic carbocycles. The molecule has 0 amide bonds. The van der Waals surface area contributed by atoms with Crippen molar-refractivity contribution in [1.82, 2.24) is 9.97 Å². The normalized spacial score (nSPS) is 14.3. The van der Waals surface area contributed by atoms with Crippen molar-refractivity contribution in [1.29, 1.82) is 0 Å². The summed E-state index contributed by atoms with van der Waals surface area (Å²) in [6.45, 7) is 6.39. The first-order valence-corrected chi connectivity index (χ1v) is 8.20. The van der Waals surface area contributed by atoms with Gasteiger partial charge in [0.15, 0.2) is 0 Å². The highest BCUT2D eigenvalue weighted by atomic mass is 15.1. The monoisotopic (exact) mass is 276 g/mol. The highest BCUT2D eigenvalue weighted by Gasteiger charge is 2.27. The molecule has 1 aromatic heterocycles. The number of unbranched alkanes of at least 4 members (excludes halogenated alkanes) is 3. The van der Waals surface area contributed by atoms with Crippen LogP contribution in [0.15, 0.2) is 6.07 Å². The van der Waals surface area contributed by atoms with Gasteiger partial charge in [-0.25, -0.2) is 9.97 Å². The third-order valence-corrected chi connectivity index (χ3v) is 3.58. The molecule has 2 rings (SSSR count). The van der Waals surface area contributed by atoms with Crippen LogP contribution < -0.4 is 10.6 Å². The molecule has 0 aromatic carbocycles.